The molecule has 0 aliphatic carbocycles. The molecule has 1 amide bonds. The van der Waals surface area contributed by atoms with Crippen molar-refractivity contribution < 1.29 is 9.53 Å². The van der Waals surface area contributed by atoms with Gasteiger partial charge in [-0.05, 0) is 57.8 Å². The Morgan fingerprint density at radius 2 is 1.96 bits per heavy atom. The number of carbonyl (C=O) groups is 1. The molecule has 0 radical (unpaired) electrons. The van der Waals surface area contributed by atoms with Crippen LogP contribution < -0.4 is 10.2 Å². The Morgan fingerprint density at radius 1 is 1.20 bits per heavy atom. The summed E-state index contributed by atoms with van der Waals surface area (Å²) in [5.74, 6) is 1.29. The summed E-state index contributed by atoms with van der Waals surface area (Å²) in [6.07, 6.45) is 7.26. The molecule has 25 heavy (non-hydrogen) atoms. The molecule has 1 aromatic rings. The molecule has 3 fully saturated rings. The molecule has 7 nitrogen and oxygen atoms in total. The van der Waals surface area contributed by atoms with Crippen LogP contribution in [0.2, 0.25) is 0 Å². The molecule has 4 rings (SSSR count). The summed E-state index contributed by atoms with van der Waals surface area (Å²) in [7, 11) is 2.13. The molecule has 0 unspecified atom stereocenters. The predicted octanol–water partition coefficient (Wildman–Crippen LogP) is 0.671. The fourth-order valence-electron chi connectivity index (χ4n) is 4.18. The van der Waals surface area contributed by atoms with E-state index in [-0.39, 0.29) is 18.1 Å². The van der Waals surface area contributed by atoms with E-state index in [1.54, 1.807) is 12.4 Å². The van der Waals surface area contributed by atoms with Gasteiger partial charge in [-0.25, -0.2) is 9.97 Å². The molecule has 3 aliphatic rings. The third kappa shape index (κ3) is 3.77. The Labute approximate surface area is 148 Å². The number of nitrogens with one attached hydrogen (secondary N) is 1. The lowest BCUT2D eigenvalue weighted by Crippen LogP contribution is -2.47. The van der Waals surface area contributed by atoms with Crippen LogP contribution in [0.5, 0.6) is 0 Å². The van der Waals surface area contributed by atoms with Gasteiger partial charge in [0, 0.05) is 31.5 Å². The molecule has 7 heteroatoms. The molecule has 136 valence electrons. The number of piperidine rings is 2. The first-order chi connectivity index (χ1) is 12.2. The maximum Gasteiger partial charge on any atom is 0.249 e. The van der Waals surface area contributed by atoms with Crippen LogP contribution in [0, 0.1) is 5.92 Å². The van der Waals surface area contributed by atoms with E-state index in [0.717, 1.165) is 57.8 Å². The molecule has 0 aromatic carbocycles. The second-order valence-electron chi connectivity index (χ2n) is 7.53. The normalized spacial score (nSPS) is 30.9. The number of likely N-dealkylation sites (tertiary alicyclic amines) is 1. The first-order valence-corrected chi connectivity index (χ1v) is 9.35. The molecule has 0 spiro atoms. The summed E-state index contributed by atoms with van der Waals surface area (Å²) in [6.45, 7) is 3.80. The van der Waals surface area contributed by atoms with Crippen molar-refractivity contribution in [3.63, 3.8) is 0 Å². The van der Waals surface area contributed by atoms with Crippen molar-refractivity contribution in [2.45, 2.75) is 43.9 Å². The van der Waals surface area contributed by atoms with Gasteiger partial charge < -0.3 is 19.9 Å². The van der Waals surface area contributed by atoms with Gasteiger partial charge in [0.05, 0.1) is 6.10 Å². The number of aromatic nitrogens is 2. The van der Waals surface area contributed by atoms with Crippen molar-refractivity contribution >= 4 is 11.9 Å². The van der Waals surface area contributed by atoms with Crippen molar-refractivity contribution in [2.24, 2.45) is 5.92 Å². The van der Waals surface area contributed by atoms with E-state index in [1.165, 1.54) is 0 Å². The summed E-state index contributed by atoms with van der Waals surface area (Å²) in [5, 5.41) is 3.21. The van der Waals surface area contributed by atoms with E-state index in [1.807, 2.05) is 6.07 Å². The zero-order valence-corrected chi connectivity index (χ0v) is 14.8. The molecule has 4 heterocycles. The zero-order chi connectivity index (χ0) is 17.2. The molecule has 3 aliphatic heterocycles. The fourth-order valence-corrected chi connectivity index (χ4v) is 4.18. The van der Waals surface area contributed by atoms with E-state index in [0.29, 0.717) is 12.0 Å². The lowest BCUT2D eigenvalue weighted by molar-refractivity contribution is -0.133. The molecule has 3 atom stereocenters. The average molecular weight is 345 g/mol. The monoisotopic (exact) mass is 345 g/mol. The minimum absolute atomic E-state index is 0.0754. The van der Waals surface area contributed by atoms with E-state index in [2.05, 4.69) is 32.1 Å². The number of amides is 1. The Balaban J connectivity index is 1.31. The van der Waals surface area contributed by atoms with Gasteiger partial charge in [-0.15, -0.1) is 0 Å². The van der Waals surface area contributed by atoms with E-state index >= 15 is 0 Å². The average Bonchev–Trinajstić information content (AvgIpc) is 3.08. The number of nitrogens with zero attached hydrogens (tertiary/aromatic N) is 4. The van der Waals surface area contributed by atoms with Crippen molar-refractivity contribution in [2.75, 3.05) is 38.1 Å². The van der Waals surface area contributed by atoms with Gasteiger partial charge >= 0.3 is 0 Å². The molecular weight excluding hydrogens is 318 g/mol. The topological polar surface area (TPSA) is 70.6 Å². The van der Waals surface area contributed by atoms with Crippen LogP contribution in [0.15, 0.2) is 18.5 Å². The van der Waals surface area contributed by atoms with Gasteiger partial charge in [-0.2, -0.15) is 0 Å². The maximum absolute atomic E-state index is 12.6. The van der Waals surface area contributed by atoms with Crippen molar-refractivity contribution in [3.8, 4) is 0 Å². The van der Waals surface area contributed by atoms with Gasteiger partial charge in [0.2, 0.25) is 11.9 Å². The number of fused-ring (bicyclic) bond motifs is 1. The van der Waals surface area contributed by atoms with Gasteiger partial charge in [-0.3, -0.25) is 4.79 Å². The largest absolute Gasteiger partial charge is 0.363 e. The number of rotatable bonds is 3. The highest BCUT2D eigenvalue weighted by atomic mass is 16.5. The molecule has 0 bridgehead atoms. The molecular formula is C18H27N5O2. The minimum atomic E-state index is -0.300. The zero-order valence-electron chi connectivity index (χ0n) is 14.8. The number of ether oxygens (including phenoxy) is 1. The summed E-state index contributed by atoms with van der Waals surface area (Å²) in [5.41, 5.74) is 0. The Bertz CT molecular complexity index is 590. The Morgan fingerprint density at radius 3 is 2.72 bits per heavy atom. The Hall–Kier alpha value is -1.73. The summed E-state index contributed by atoms with van der Waals surface area (Å²) >= 11 is 0. The molecule has 3 saturated heterocycles. The minimum Gasteiger partial charge on any atom is -0.363 e. The second kappa shape index (κ2) is 7.25. The lowest BCUT2D eigenvalue weighted by Gasteiger charge is -2.33. The van der Waals surface area contributed by atoms with E-state index < -0.39 is 0 Å². The quantitative estimate of drug-likeness (QED) is 0.868. The number of hydrogen-bond acceptors (Lipinski definition) is 6. The van der Waals surface area contributed by atoms with Gasteiger partial charge in [0.25, 0.3) is 0 Å². The first-order valence-electron chi connectivity index (χ1n) is 9.35. The second-order valence-corrected chi connectivity index (χ2v) is 7.53. The molecule has 1 aromatic heterocycles. The highest BCUT2D eigenvalue weighted by molar-refractivity contribution is 5.81. The predicted molar refractivity (Wildman–Crippen MR) is 94.3 cm³/mol. The number of carbonyl (C=O) groups excluding carboxylic acids is 1. The lowest BCUT2D eigenvalue weighted by atomic mass is 9.91. The SMILES string of the molecule is CN1CCC(NC(=O)[C@H]2C[C@@H]3CCN(c4ncccn4)C[C@H]3O2)CC1. The van der Waals surface area contributed by atoms with Gasteiger partial charge in [0.15, 0.2) is 0 Å². The highest BCUT2D eigenvalue weighted by Gasteiger charge is 2.42. The Kier molecular flexibility index (Phi) is 4.85. The molecule has 0 saturated carbocycles. The fraction of sp³-hybridized carbons (Fsp3) is 0.722. The van der Waals surface area contributed by atoms with Crippen LogP contribution in [0.1, 0.15) is 25.7 Å². The van der Waals surface area contributed by atoms with E-state index in [4.69, 9.17) is 4.74 Å². The summed E-state index contributed by atoms with van der Waals surface area (Å²) in [6, 6.07) is 2.12. The van der Waals surface area contributed by atoms with Crippen LogP contribution in [0.25, 0.3) is 0 Å². The molecule has 1 N–H and O–H groups in total. The number of anilines is 1. The standard InChI is InChI=1S/C18H27N5O2/c1-22-8-4-14(5-9-22)21-17(24)15-11-13-3-10-23(12-16(13)25-15)18-19-6-2-7-20-18/h2,6-7,13-16H,3-5,8-12H2,1H3,(H,21,24)/t13-,15+,16+/m0/s1. The maximum atomic E-state index is 12.6. The van der Waals surface area contributed by atoms with Crippen LogP contribution in [0.3, 0.4) is 0 Å². The third-order valence-electron chi connectivity index (χ3n) is 5.74. The van der Waals surface area contributed by atoms with Crippen LogP contribution >= 0.6 is 0 Å². The smallest absolute Gasteiger partial charge is 0.249 e. The summed E-state index contributed by atoms with van der Waals surface area (Å²) < 4.78 is 6.12. The van der Waals surface area contributed by atoms with Crippen LogP contribution in [-0.4, -0.2) is 72.3 Å². The van der Waals surface area contributed by atoms with Crippen molar-refractivity contribution in [3.05, 3.63) is 18.5 Å². The van der Waals surface area contributed by atoms with E-state index in [9.17, 15) is 4.79 Å². The van der Waals surface area contributed by atoms with Gasteiger partial charge in [0.1, 0.15) is 6.10 Å². The van der Waals surface area contributed by atoms with Crippen molar-refractivity contribution in [1.29, 1.82) is 0 Å². The van der Waals surface area contributed by atoms with Crippen LogP contribution in [0.4, 0.5) is 5.95 Å². The van der Waals surface area contributed by atoms with Crippen molar-refractivity contribution in [1.82, 2.24) is 20.2 Å². The van der Waals surface area contributed by atoms with Gasteiger partial charge in [-0.1, -0.05) is 0 Å². The first kappa shape index (κ1) is 16.7. The van der Waals surface area contributed by atoms with Crippen LogP contribution in [-0.2, 0) is 9.53 Å². The third-order valence-corrected chi connectivity index (χ3v) is 5.74. The number of hydrogen-bond donors (Lipinski definition) is 1. The summed E-state index contributed by atoms with van der Waals surface area (Å²) in [4.78, 5) is 25.7. The highest BCUT2D eigenvalue weighted by Crippen LogP contribution is 2.34.